The van der Waals surface area contributed by atoms with Crippen LogP contribution in [0.4, 0.5) is 0 Å². The van der Waals surface area contributed by atoms with E-state index in [0.29, 0.717) is 0 Å². The summed E-state index contributed by atoms with van der Waals surface area (Å²) in [6, 6.07) is 0. The van der Waals surface area contributed by atoms with Crippen LogP contribution in [0.3, 0.4) is 0 Å². The van der Waals surface area contributed by atoms with Crippen LogP contribution in [0.25, 0.3) is 0 Å². The molecule has 12 heteroatoms. The maximum atomic E-state index is 9.29. The maximum Gasteiger partial charge on any atom is 2.00 e. The molecule has 0 spiro atoms. The molecule has 0 aromatic heterocycles. The third-order valence-corrected chi connectivity index (χ3v) is 1.50. The molecule has 0 saturated carbocycles. The first kappa shape index (κ1) is 23.1. The van der Waals surface area contributed by atoms with Crippen LogP contribution < -0.4 is 0 Å². The average Bonchev–Trinajstić information content (AvgIpc) is 1.14. The third-order valence-electron chi connectivity index (χ3n) is 0.167. The van der Waals surface area contributed by atoms with E-state index in [0.717, 1.165) is 0 Å². The summed E-state index contributed by atoms with van der Waals surface area (Å²) in [4.78, 5) is 0. The molecule has 0 aromatic rings. The summed E-state index contributed by atoms with van der Waals surface area (Å²) >= 11 is 0. The van der Waals surface area contributed by atoms with Crippen LogP contribution in [0.1, 0.15) is 0 Å². The summed E-state index contributed by atoms with van der Waals surface area (Å²) in [5.74, 6) is 0. The van der Waals surface area contributed by atoms with Crippen molar-refractivity contribution in [1.82, 2.24) is 0 Å². The van der Waals surface area contributed by atoms with E-state index in [4.69, 9.17) is 0 Å². The minimum atomic E-state index is -5.43. The molecule has 0 rings (SSSR count). The topological polar surface area (TPSA) is 187 Å². The molecule has 9 nitrogen and oxygen atoms in total. The van der Waals surface area contributed by atoms with Crippen LogP contribution in [0.2, 0.25) is 0 Å². The van der Waals surface area contributed by atoms with Crippen LogP contribution in [0.15, 0.2) is 0 Å². The average molecular weight is 252 g/mol. The summed E-state index contributed by atoms with van der Waals surface area (Å²) in [6.07, 6.45) is 0. The molecule has 0 aliphatic carbocycles. The maximum absolute atomic E-state index is 9.29. The predicted octanol–water partition coefficient (Wildman–Crippen LogP) is -4.11. The van der Waals surface area contributed by atoms with Crippen LogP contribution in [-0.4, -0.2) is 74.6 Å². The van der Waals surface area contributed by atoms with E-state index in [1.54, 1.807) is 0 Å². The fraction of sp³-hybridized carbons (Fsp3) is 0. The molecule has 0 fully saturated rings. The molecule has 0 saturated heterocycles. The molecule has 0 radical (unpaired) electrons. The molecule has 0 aliphatic rings. The molecule has 12 heavy (non-hydrogen) atoms. The van der Waals surface area contributed by atoms with Gasteiger partial charge in [0.15, 0.2) is 0 Å². The fourth-order valence-corrected chi connectivity index (χ4v) is 0.919. The molecule has 0 aromatic carbocycles. The van der Waals surface area contributed by atoms with Gasteiger partial charge in [-0.3, -0.25) is 0 Å². The van der Waals surface area contributed by atoms with Crippen molar-refractivity contribution in [3.63, 3.8) is 0 Å². The Kier molecular flexibility index (Phi) is 14.2. The van der Waals surface area contributed by atoms with Gasteiger partial charge in [0.1, 0.15) is 0 Å². The largest absolute Gasteiger partial charge is 2.00 e. The predicted molar refractivity (Wildman–Crippen MR) is 33.5 cm³/mol. The molecule has 0 amide bonds. The van der Waals surface area contributed by atoms with Gasteiger partial charge in [0, 0.05) is 0 Å². The SMILES string of the molecule is O.O.O=S(=O)([O-])OS(=O)(=O)[O-].[Ca+2]. The van der Waals surface area contributed by atoms with E-state index in [2.05, 4.69) is 3.63 Å². The molecule has 0 bridgehead atoms. The van der Waals surface area contributed by atoms with E-state index in [1.165, 1.54) is 0 Å². The zero-order chi connectivity index (χ0) is 7.71. The number of hydrogen-bond acceptors (Lipinski definition) is 7. The second kappa shape index (κ2) is 7.37. The smallest absolute Gasteiger partial charge is 0.725 e. The summed E-state index contributed by atoms with van der Waals surface area (Å²) < 4.78 is 58.2. The first-order chi connectivity index (χ1) is 3.71. The third kappa shape index (κ3) is 22.4. The van der Waals surface area contributed by atoms with E-state index in [9.17, 15) is 25.9 Å². The van der Waals surface area contributed by atoms with E-state index in [-0.39, 0.29) is 48.7 Å². The Bertz CT molecular complexity index is 238. The number of rotatable bonds is 2. The van der Waals surface area contributed by atoms with Crippen molar-refractivity contribution in [3.05, 3.63) is 0 Å². The van der Waals surface area contributed by atoms with Crippen molar-refractivity contribution in [2.45, 2.75) is 0 Å². The van der Waals surface area contributed by atoms with Gasteiger partial charge in [0.05, 0.1) is 0 Å². The Morgan fingerprint density at radius 1 is 0.833 bits per heavy atom. The van der Waals surface area contributed by atoms with Crippen molar-refractivity contribution in [3.8, 4) is 0 Å². The quantitative estimate of drug-likeness (QED) is 0.271. The second-order valence-corrected chi connectivity index (χ2v) is 3.06. The molecule has 0 heterocycles. The summed E-state index contributed by atoms with van der Waals surface area (Å²) in [5, 5.41) is 0. The fourth-order valence-electron chi connectivity index (χ4n) is 0.102. The molecule has 0 aliphatic heterocycles. The van der Waals surface area contributed by atoms with Gasteiger partial charge in [-0.05, 0) is 0 Å². The minimum Gasteiger partial charge on any atom is -0.725 e. The zero-order valence-electron chi connectivity index (χ0n) is 5.38. The normalized spacial score (nSPS) is 10.2. The van der Waals surface area contributed by atoms with E-state index in [1.807, 2.05) is 0 Å². The Hall–Kier alpha value is 0.960. The van der Waals surface area contributed by atoms with Crippen molar-refractivity contribution < 1.29 is 40.5 Å². The summed E-state index contributed by atoms with van der Waals surface area (Å²) in [6.45, 7) is 0. The van der Waals surface area contributed by atoms with Crippen LogP contribution in [0, 0.1) is 0 Å². The van der Waals surface area contributed by atoms with Crippen molar-refractivity contribution in [1.29, 1.82) is 0 Å². The van der Waals surface area contributed by atoms with Crippen LogP contribution in [0.5, 0.6) is 0 Å². The Morgan fingerprint density at radius 2 is 1.00 bits per heavy atom. The Balaban J connectivity index is -0.000000107. The van der Waals surface area contributed by atoms with E-state index >= 15 is 0 Å². The Labute approximate surface area is 98.2 Å². The Morgan fingerprint density at radius 3 is 1.00 bits per heavy atom. The van der Waals surface area contributed by atoms with Gasteiger partial charge in [-0.2, -0.15) is 3.63 Å². The second-order valence-electron chi connectivity index (χ2n) is 0.885. The van der Waals surface area contributed by atoms with Gasteiger partial charge in [-0.25, -0.2) is 16.8 Å². The molecule has 72 valence electrons. The number of hydrogen-bond donors (Lipinski definition) is 0. The summed E-state index contributed by atoms with van der Waals surface area (Å²) in [7, 11) is -10.9. The van der Waals surface area contributed by atoms with Crippen LogP contribution >= 0.6 is 0 Å². The van der Waals surface area contributed by atoms with E-state index < -0.39 is 20.8 Å². The molecular weight excluding hydrogens is 248 g/mol. The summed E-state index contributed by atoms with van der Waals surface area (Å²) in [5.41, 5.74) is 0. The van der Waals surface area contributed by atoms with Gasteiger partial charge in [-0.1, -0.05) is 0 Å². The standard InChI is InChI=1S/Ca.H2O7S2.2H2O/c;1-8(2,3)7-9(4,5)6;;/h;(H,1,2,3)(H,4,5,6);2*1H2/q+2;;;/p-2. The molecule has 0 atom stereocenters. The van der Waals surface area contributed by atoms with Gasteiger partial charge >= 0.3 is 37.7 Å². The monoisotopic (exact) mass is 252 g/mol. The van der Waals surface area contributed by atoms with Crippen molar-refractivity contribution >= 4 is 58.5 Å². The van der Waals surface area contributed by atoms with Crippen molar-refractivity contribution in [2.75, 3.05) is 0 Å². The van der Waals surface area contributed by atoms with Gasteiger partial charge in [-0.15, -0.1) is 0 Å². The van der Waals surface area contributed by atoms with Crippen LogP contribution in [-0.2, 0) is 24.4 Å². The minimum absolute atomic E-state index is 0. The van der Waals surface area contributed by atoms with Gasteiger partial charge < -0.3 is 20.1 Å². The first-order valence-corrected chi connectivity index (χ1v) is 4.00. The van der Waals surface area contributed by atoms with Gasteiger partial charge in [0.25, 0.3) is 0 Å². The van der Waals surface area contributed by atoms with Crippen molar-refractivity contribution in [2.24, 2.45) is 0 Å². The van der Waals surface area contributed by atoms with Gasteiger partial charge in [0.2, 0.25) is 20.8 Å². The molecule has 0 unspecified atom stereocenters. The first-order valence-electron chi connectivity index (χ1n) is 1.33. The molecular formula is H4CaO9S2. The zero-order valence-corrected chi connectivity index (χ0v) is 9.22. The molecule has 4 N–H and O–H groups in total.